The summed E-state index contributed by atoms with van der Waals surface area (Å²) in [6.45, 7) is 2.08. The van der Waals surface area contributed by atoms with Gasteiger partial charge >= 0.3 is 0 Å². The van der Waals surface area contributed by atoms with E-state index in [1.54, 1.807) is 31.0 Å². The summed E-state index contributed by atoms with van der Waals surface area (Å²) in [6, 6.07) is 5.40. The Hall–Kier alpha value is -2.19. The van der Waals surface area contributed by atoms with E-state index < -0.39 is 9.84 Å². The minimum Gasteiger partial charge on any atom is -0.351 e. The quantitative estimate of drug-likeness (QED) is 0.763. The molecule has 3 rings (SSSR count). The zero-order valence-electron chi connectivity index (χ0n) is 13.4. The van der Waals surface area contributed by atoms with Crippen LogP contribution in [-0.4, -0.2) is 41.7 Å². The Morgan fingerprint density at radius 3 is 2.75 bits per heavy atom. The number of benzene rings is 1. The molecule has 9 heteroatoms. The number of rotatable bonds is 4. The summed E-state index contributed by atoms with van der Waals surface area (Å²) in [5, 5.41) is 0.622. The highest BCUT2D eigenvalue weighted by Gasteiger charge is 2.19. The van der Waals surface area contributed by atoms with Crippen molar-refractivity contribution in [3.8, 4) is 0 Å². The van der Waals surface area contributed by atoms with E-state index in [1.807, 2.05) is 6.07 Å². The Balaban J connectivity index is 1.97. The second-order valence-electron chi connectivity index (χ2n) is 5.58. The number of hydrogen-bond donors (Lipinski definition) is 1. The van der Waals surface area contributed by atoms with E-state index in [2.05, 4.69) is 19.9 Å². The van der Waals surface area contributed by atoms with Crippen molar-refractivity contribution in [3.63, 3.8) is 0 Å². The molecule has 7 nitrogen and oxygen atoms in total. The second kappa shape index (κ2) is 6.03. The highest BCUT2D eigenvalue weighted by Crippen LogP contribution is 2.23. The maximum Gasteiger partial charge on any atom is 0.180 e. The molecule has 0 bridgehead atoms. The average molecular weight is 366 g/mol. The Kier molecular flexibility index (Phi) is 4.18. The zero-order valence-corrected chi connectivity index (χ0v) is 15.0. The number of nitrogens with zero attached hydrogens (tertiary/aromatic N) is 4. The summed E-state index contributed by atoms with van der Waals surface area (Å²) in [7, 11) is -1.67. The average Bonchev–Trinajstić information content (AvgIpc) is 2.87. The molecule has 3 aromatic rings. The molecule has 0 amide bonds. The highest BCUT2D eigenvalue weighted by atomic mass is 35.5. The molecule has 0 saturated carbocycles. The first-order valence-electron chi connectivity index (χ1n) is 7.13. The molecule has 0 aliphatic heterocycles. The summed E-state index contributed by atoms with van der Waals surface area (Å²) in [6.07, 6.45) is 2.48. The third kappa shape index (κ3) is 3.34. The number of fused-ring (bicyclic) bond motifs is 1. The van der Waals surface area contributed by atoms with Gasteiger partial charge in [-0.15, -0.1) is 0 Å². The predicted molar refractivity (Wildman–Crippen MR) is 93.1 cm³/mol. The van der Waals surface area contributed by atoms with Gasteiger partial charge in [-0.1, -0.05) is 11.6 Å². The molecule has 0 aliphatic rings. The standard InChI is InChI=1S/C15H16ClN5O2S/c1-9-17-7-13(24(3,22)23)15(18-9)21(2)8-14-19-11-5-4-10(16)6-12(11)20-14/h4-7H,8H2,1-3H3,(H,19,20). The number of aromatic amines is 1. The third-order valence-corrected chi connectivity index (χ3v) is 4.82. The number of hydrogen-bond acceptors (Lipinski definition) is 6. The molecule has 0 spiro atoms. The first kappa shape index (κ1) is 16.7. The van der Waals surface area contributed by atoms with E-state index in [0.717, 1.165) is 17.3 Å². The topological polar surface area (TPSA) is 91.8 Å². The molecule has 0 radical (unpaired) electrons. The minimum atomic E-state index is -3.43. The number of halogens is 1. The van der Waals surface area contributed by atoms with Crippen LogP contribution in [0.5, 0.6) is 0 Å². The van der Waals surface area contributed by atoms with Gasteiger partial charge in [0.2, 0.25) is 0 Å². The van der Waals surface area contributed by atoms with Crippen LogP contribution in [-0.2, 0) is 16.4 Å². The fourth-order valence-corrected chi connectivity index (χ4v) is 3.34. The molecule has 0 saturated heterocycles. The lowest BCUT2D eigenvalue weighted by Crippen LogP contribution is -2.22. The van der Waals surface area contributed by atoms with Gasteiger partial charge in [-0.3, -0.25) is 0 Å². The van der Waals surface area contributed by atoms with Crippen LogP contribution in [0.15, 0.2) is 29.3 Å². The molecular weight excluding hydrogens is 350 g/mol. The molecular formula is C15H16ClN5O2S. The van der Waals surface area contributed by atoms with Crippen LogP contribution in [0.1, 0.15) is 11.6 Å². The van der Waals surface area contributed by atoms with E-state index in [-0.39, 0.29) is 4.90 Å². The van der Waals surface area contributed by atoms with Crippen LogP contribution in [0.2, 0.25) is 5.02 Å². The van der Waals surface area contributed by atoms with Gasteiger partial charge in [0.05, 0.1) is 23.8 Å². The summed E-state index contributed by atoms with van der Waals surface area (Å²) in [4.78, 5) is 17.7. The molecule has 126 valence electrons. The van der Waals surface area contributed by atoms with Crippen LogP contribution in [0.25, 0.3) is 11.0 Å². The fourth-order valence-electron chi connectivity index (χ4n) is 2.39. The van der Waals surface area contributed by atoms with Crippen LogP contribution in [0.4, 0.5) is 5.82 Å². The van der Waals surface area contributed by atoms with Crippen LogP contribution < -0.4 is 4.90 Å². The van der Waals surface area contributed by atoms with E-state index in [4.69, 9.17) is 11.6 Å². The maximum absolute atomic E-state index is 12.0. The first-order chi connectivity index (χ1) is 11.2. The summed E-state index contributed by atoms with van der Waals surface area (Å²) < 4.78 is 23.9. The lowest BCUT2D eigenvalue weighted by atomic mass is 10.3. The SMILES string of the molecule is Cc1ncc(S(C)(=O)=O)c(N(C)Cc2nc3ccc(Cl)cc3[nH]2)n1. The van der Waals surface area contributed by atoms with E-state index >= 15 is 0 Å². The Bertz CT molecular complexity index is 1020. The Morgan fingerprint density at radius 2 is 2.04 bits per heavy atom. The highest BCUT2D eigenvalue weighted by molar-refractivity contribution is 7.90. The molecule has 24 heavy (non-hydrogen) atoms. The van der Waals surface area contributed by atoms with Crippen molar-refractivity contribution in [2.24, 2.45) is 0 Å². The van der Waals surface area contributed by atoms with Gasteiger partial charge in [-0.25, -0.2) is 23.4 Å². The Labute approximate surface area is 144 Å². The lowest BCUT2D eigenvalue weighted by Gasteiger charge is -2.19. The third-order valence-electron chi connectivity index (χ3n) is 3.50. The molecule has 2 heterocycles. The van der Waals surface area contributed by atoms with Crippen LogP contribution in [0, 0.1) is 6.92 Å². The van der Waals surface area contributed by atoms with Gasteiger partial charge in [0, 0.05) is 18.3 Å². The minimum absolute atomic E-state index is 0.0924. The molecule has 0 unspecified atom stereocenters. The van der Waals surface area contributed by atoms with Crippen LogP contribution >= 0.6 is 11.6 Å². The van der Waals surface area contributed by atoms with Crippen LogP contribution in [0.3, 0.4) is 0 Å². The van der Waals surface area contributed by atoms with Crippen molar-refractivity contribution in [3.05, 3.63) is 41.1 Å². The number of anilines is 1. The molecule has 2 aromatic heterocycles. The first-order valence-corrected chi connectivity index (χ1v) is 9.40. The van der Waals surface area contributed by atoms with Gasteiger partial charge in [0.25, 0.3) is 0 Å². The van der Waals surface area contributed by atoms with Gasteiger partial charge in [0.1, 0.15) is 16.5 Å². The lowest BCUT2D eigenvalue weighted by molar-refractivity contribution is 0.600. The summed E-state index contributed by atoms with van der Waals surface area (Å²) in [5.41, 5.74) is 1.62. The molecule has 0 atom stereocenters. The van der Waals surface area contributed by atoms with Crippen molar-refractivity contribution in [2.45, 2.75) is 18.4 Å². The molecule has 0 aliphatic carbocycles. The van der Waals surface area contributed by atoms with Gasteiger partial charge in [0.15, 0.2) is 15.7 Å². The number of imidazole rings is 1. The maximum atomic E-state index is 12.0. The smallest absolute Gasteiger partial charge is 0.180 e. The van der Waals surface area contributed by atoms with E-state index in [0.29, 0.717) is 29.0 Å². The van der Waals surface area contributed by atoms with Gasteiger partial charge in [-0.05, 0) is 25.1 Å². The Morgan fingerprint density at radius 1 is 1.29 bits per heavy atom. The molecule has 0 fully saturated rings. The monoisotopic (exact) mass is 365 g/mol. The molecule has 1 aromatic carbocycles. The number of aryl methyl sites for hydroxylation is 1. The summed E-state index contributed by atoms with van der Waals surface area (Å²) >= 11 is 5.98. The van der Waals surface area contributed by atoms with Crippen molar-refractivity contribution in [1.29, 1.82) is 0 Å². The number of H-pyrrole nitrogens is 1. The second-order valence-corrected chi connectivity index (χ2v) is 8.00. The van der Waals surface area contributed by atoms with Gasteiger partial charge < -0.3 is 9.88 Å². The number of aromatic nitrogens is 4. The fraction of sp³-hybridized carbons (Fsp3) is 0.267. The van der Waals surface area contributed by atoms with E-state index in [1.165, 1.54) is 6.20 Å². The molecule has 1 N–H and O–H groups in total. The normalized spacial score (nSPS) is 11.8. The van der Waals surface area contributed by atoms with Crippen molar-refractivity contribution < 1.29 is 8.42 Å². The van der Waals surface area contributed by atoms with Crippen molar-refractivity contribution >= 4 is 38.3 Å². The van der Waals surface area contributed by atoms with E-state index in [9.17, 15) is 8.42 Å². The largest absolute Gasteiger partial charge is 0.351 e. The van der Waals surface area contributed by atoms with Crippen molar-refractivity contribution in [2.75, 3.05) is 18.2 Å². The number of sulfone groups is 1. The van der Waals surface area contributed by atoms with Crippen molar-refractivity contribution in [1.82, 2.24) is 19.9 Å². The number of nitrogens with one attached hydrogen (secondary N) is 1. The zero-order chi connectivity index (χ0) is 17.5. The van der Waals surface area contributed by atoms with Gasteiger partial charge in [-0.2, -0.15) is 0 Å². The summed E-state index contributed by atoms with van der Waals surface area (Å²) in [5.74, 6) is 1.54. The predicted octanol–water partition coefficient (Wildman–Crippen LogP) is 2.35.